The number of rotatable bonds is 8. The Morgan fingerprint density at radius 3 is 3.03 bits per heavy atom. The number of benzene rings is 2. The normalized spacial score (nSPS) is 18.8. The molecule has 6 heteroatoms. The summed E-state index contributed by atoms with van der Waals surface area (Å²) in [5.74, 6) is 1.39. The summed E-state index contributed by atoms with van der Waals surface area (Å²) in [5.41, 5.74) is 3.68. The maximum absolute atomic E-state index is 9.46. The van der Waals surface area contributed by atoms with Crippen LogP contribution >= 0.6 is 0 Å². The molecular formula is C23H29N3O3. The third kappa shape index (κ3) is 5.35. The number of likely N-dealkylation sites (tertiary alicyclic amines) is 1. The Hall–Kier alpha value is -2.41. The Balaban J connectivity index is 1.33. The molecule has 2 aromatic carbocycles. The van der Waals surface area contributed by atoms with E-state index in [9.17, 15) is 5.11 Å². The van der Waals surface area contributed by atoms with Crippen molar-refractivity contribution < 1.29 is 14.9 Å². The Labute approximate surface area is 171 Å². The Bertz CT molecular complexity index is 926. The number of H-pyrrole nitrogens is 1. The fraction of sp³-hybridized carbons (Fsp3) is 0.435. The van der Waals surface area contributed by atoms with E-state index in [0.717, 1.165) is 37.3 Å². The molecule has 1 fully saturated rings. The molecule has 0 amide bonds. The quantitative estimate of drug-likeness (QED) is 0.546. The van der Waals surface area contributed by atoms with Gasteiger partial charge < -0.3 is 14.9 Å². The monoisotopic (exact) mass is 395 g/mol. The van der Waals surface area contributed by atoms with E-state index in [1.165, 1.54) is 29.4 Å². The van der Waals surface area contributed by atoms with Crippen molar-refractivity contribution in [1.82, 2.24) is 15.1 Å². The lowest BCUT2D eigenvalue weighted by molar-refractivity contribution is 0.0535. The molecule has 1 aromatic heterocycles. The van der Waals surface area contributed by atoms with Crippen LogP contribution in [0.4, 0.5) is 0 Å². The van der Waals surface area contributed by atoms with Crippen LogP contribution in [-0.4, -0.2) is 57.7 Å². The van der Waals surface area contributed by atoms with Crippen molar-refractivity contribution in [2.24, 2.45) is 5.92 Å². The minimum atomic E-state index is -0.845. The highest BCUT2D eigenvalue weighted by Crippen LogP contribution is 2.24. The lowest BCUT2D eigenvalue weighted by atomic mass is 9.90. The van der Waals surface area contributed by atoms with Gasteiger partial charge in [0, 0.05) is 18.5 Å². The van der Waals surface area contributed by atoms with Crippen LogP contribution in [0.5, 0.6) is 5.75 Å². The summed E-state index contributed by atoms with van der Waals surface area (Å²) in [6, 6.07) is 14.6. The molecule has 0 radical (unpaired) electrons. The number of ether oxygens (including phenoxy) is 1. The first-order valence-corrected chi connectivity index (χ1v) is 10.3. The molecular weight excluding hydrogens is 366 g/mol. The predicted octanol–water partition coefficient (Wildman–Crippen LogP) is 2.75. The van der Waals surface area contributed by atoms with Gasteiger partial charge in [-0.15, -0.1) is 0 Å². The molecule has 0 bridgehead atoms. The van der Waals surface area contributed by atoms with Crippen LogP contribution in [0.3, 0.4) is 0 Å². The molecule has 3 N–H and O–H groups in total. The number of piperidine rings is 1. The highest BCUT2D eigenvalue weighted by Gasteiger charge is 2.20. The molecule has 0 aliphatic carbocycles. The molecule has 154 valence electrons. The van der Waals surface area contributed by atoms with Crippen LogP contribution in [-0.2, 0) is 13.0 Å². The number of aliphatic hydroxyl groups is 2. The second-order valence-electron chi connectivity index (χ2n) is 8.03. The Morgan fingerprint density at radius 2 is 2.14 bits per heavy atom. The molecule has 3 aromatic rings. The zero-order valence-electron chi connectivity index (χ0n) is 16.6. The summed E-state index contributed by atoms with van der Waals surface area (Å²) >= 11 is 0. The van der Waals surface area contributed by atoms with Crippen LogP contribution in [0.2, 0.25) is 0 Å². The maximum Gasteiger partial charge on any atom is 0.119 e. The van der Waals surface area contributed by atoms with Gasteiger partial charge in [0.2, 0.25) is 0 Å². The first kappa shape index (κ1) is 19.9. The summed E-state index contributed by atoms with van der Waals surface area (Å²) in [4.78, 5) is 2.52. The Kier molecular flexibility index (Phi) is 6.44. The summed E-state index contributed by atoms with van der Waals surface area (Å²) in [6.45, 7) is 2.93. The first-order valence-electron chi connectivity index (χ1n) is 10.3. The van der Waals surface area contributed by atoms with E-state index in [1.807, 2.05) is 24.4 Å². The topological polar surface area (TPSA) is 81.6 Å². The fourth-order valence-electron chi connectivity index (χ4n) is 4.15. The van der Waals surface area contributed by atoms with E-state index >= 15 is 0 Å². The molecule has 2 heterocycles. The van der Waals surface area contributed by atoms with Crippen molar-refractivity contribution in [3.63, 3.8) is 0 Å². The highest BCUT2D eigenvalue weighted by molar-refractivity contribution is 5.78. The molecule has 1 aliphatic heterocycles. The van der Waals surface area contributed by atoms with Crippen molar-refractivity contribution in [3.8, 4) is 5.75 Å². The zero-order valence-corrected chi connectivity index (χ0v) is 16.6. The van der Waals surface area contributed by atoms with Gasteiger partial charge in [0.25, 0.3) is 0 Å². The van der Waals surface area contributed by atoms with Crippen molar-refractivity contribution in [2.45, 2.75) is 31.9 Å². The third-order valence-electron chi connectivity index (χ3n) is 5.59. The number of fused-ring (bicyclic) bond motifs is 1. The molecule has 0 spiro atoms. The summed E-state index contributed by atoms with van der Waals surface area (Å²) in [6.07, 6.45) is 4.63. The van der Waals surface area contributed by atoms with Gasteiger partial charge in [-0.05, 0) is 67.1 Å². The molecule has 2 atom stereocenters. The second-order valence-corrected chi connectivity index (χ2v) is 8.03. The van der Waals surface area contributed by atoms with Crippen LogP contribution in [0.25, 0.3) is 10.9 Å². The van der Waals surface area contributed by atoms with E-state index in [2.05, 4.69) is 39.4 Å². The van der Waals surface area contributed by atoms with Crippen molar-refractivity contribution >= 4 is 10.9 Å². The smallest absolute Gasteiger partial charge is 0.119 e. The Morgan fingerprint density at radius 1 is 1.21 bits per heavy atom. The lowest BCUT2D eigenvalue weighted by Crippen LogP contribution is -2.35. The van der Waals surface area contributed by atoms with E-state index in [-0.39, 0.29) is 13.2 Å². The SMILES string of the molecule is OC[C@@H](O)COc1cccc(CN2CCC[C@H](Cc3ccc4[nH]ncc4c3)C2)c1. The van der Waals surface area contributed by atoms with Gasteiger partial charge >= 0.3 is 0 Å². The number of aromatic amines is 1. The third-order valence-corrected chi connectivity index (χ3v) is 5.59. The van der Waals surface area contributed by atoms with Gasteiger partial charge in [0.1, 0.15) is 18.5 Å². The molecule has 29 heavy (non-hydrogen) atoms. The van der Waals surface area contributed by atoms with Gasteiger partial charge in [-0.2, -0.15) is 5.10 Å². The van der Waals surface area contributed by atoms with E-state index in [1.54, 1.807) is 0 Å². The molecule has 0 unspecified atom stereocenters. The molecule has 1 saturated heterocycles. The van der Waals surface area contributed by atoms with E-state index in [0.29, 0.717) is 5.92 Å². The highest BCUT2D eigenvalue weighted by atomic mass is 16.5. The molecule has 0 saturated carbocycles. The second kappa shape index (κ2) is 9.39. The number of hydrogen-bond acceptors (Lipinski definition) is 5. The number of aromatic nitrogens is 2. The first-order chi connectivity index (χ1) is 14.2. The van der Waals surface area contributed by atoms with Crippen molar-refractivity contribution in [2.75, 3.05) is 26.3 Å². The van der Waals surface area contributed by atoms with Gasteiger partial charge in [-0.25, -0.2) is 0 Å². The average Bonchev–Trinajstić information content (AvgIpc) is 3.20. The van der Waals surface area contributed by atoms with Crippen molar-refractivity contribution in [1.29, 1.82) is 0 Å². The van der Waals surface area contributed by atoms with Gasteiger partial charge in [0.15, 0.2) is 0 Å². The molecule has 4 rings (SSSR count). The zero-order chi connectivity index (χ0) is 20.1. The molecule has 6 nitrogen and oxygen atoms in total. The van der Waals surface area contributed by atoms with Gasteiger partial charge in [-0.1, -0.05) is 18.2 Å². The fourth-order valence-corrected chi connectivity index (χ4v) is 4.15. The number of nitrogens with zero attached hydrogens (tertiary/aromatic N) is 2. The predicted molar refractivity (Wildman–Crippen MR) is 113 cm³/mol. The maximum atomic E-state index is 9.46. The number of nitrogens with one attached hydrogen (secondary N) is 1. The van der Waals surface area contributed by atoms with E-state index < -0.39 is 6.10 Å². The lowest BCUT2D eigenvalue weighted by Gasteiger charge is -2.33. The van der Waals surface area contributed by atoms with Crippen LogP contribution in [0.15, 0.2) is 48.7 Å². The minimum absolute atomic E-state index is 0.104. The standard InChI is InChI=1S/C23H29N3O3/c27-15-21(28)16-29-22-5-1-3-19(11-22)14-26-8-2-4-18(13-26)9-17-6-7-23-20(10-17)12-24-25-23/h1,3,5-7,10-12,18,21,27-28H,2,4,8-9,13-16H2,(H,24,25)/t18-,21-/m1/s1. The van der Waals surface area contributed by atoms with Crippen LogP contribution in [0, 0.1) is 5.92 Å². The van der Waals surface area contributed by atoms with Crippen LogP contribution < -0.4 is 4.74 Å². The largest absolute Gasteiger partial charge is 0.491 e. The number of aliphatic hydroxyl groups excluding tert-OH is 2. The van der Waals surface area contributed by atoms with Gasteiger partial charge in [0.05, 0.1) is 18.3 Å². The van der Waals surface area contributed by atoms with E-state index in [4.69, 9.17) is 9.84 Å². The van der Waals surface area contributed by atoms with Crippen molar-refractivity contribution in [3.05, 3.63) is 59.8 Å². The summed E-state index contributed by atoms with van der Waals surface area (Å²) in [7, 11) is 0. The minimum Gasteiger partial charge on any atom is -0.491 e. The van der Waals surface area contributed by atoms with Gasteiger partial charge in [-0.3, -0.25) is 10.00 Å². The summed E-state index contributed by atoms with van der Waals surface area (Å²) in [5, 5.41) is 26.7. The summed E-state index contributed by atoms with van der Waals surface area (Å²) < 4.78 is 5.58. The average molecular weight is 396 g/mol. The molecule has 1 aliphatic rings. The number of hydrogen-bond donors (Lipinski definition) is 3. The van der Waals surface area contributed by atoms with Crippen LogP contribution in [0.1, 0.15) is 24.0 Å².